The fourth-order valence-electron chi connectivity index (χ4n) is 4.67. The van der Waals surface area contributed by atoms with Crippen molar-refractivity contribution in [2.24, 2.45) is 0 Å². The van der Waals surface area contributed by atoms with E-state index in [4.69, 9.17) is 9.47 Å². The molecular weight excluding hydrogens is 490 g/mol. The predicted octanol–water partition coefficient (Wildman–Crippen LogP) is 2.61. The number of amides is 2. The molecule has 2 aromatic carbocycles. The summed E-state index contributed by atoms with van der Waals surface area (Å²) in [6.07, 6.45) is 4.95. The van der Waals surface area contributed by atoms with E-state index in [0.717, 1.165) is 50.3 Å². The van der Waals surface area contributed by atoms with Gasteiger partial charge in [0.05, 0.1) is 32.1 Å². The number of nitrogens with zero attached hydrogens (tertiary/aromatic N) is 4. The van der Waals surface area contributed by atoms with Crippen molar-refractivity contribution in [2.75, 3.05) is 65.3 Å². The van der Waals surface area contributed by atoms with Crippen LogP contribution in [0.4, 0.5) is 11.4 Å². The summed E-state index contributed by atoms with van der Waals surface area (Å²) in [5.74, 6) is 1.16. The van der Waals surface area contributed by atoms with E-state index >= 15 is 0 Å². The van der Waals surface area contributed by atoms with Gasteiger partial charge in [-0.1, -0.05) is 0 Å². The number of carbonyl (C=O) groups is 2. The quantitative estimate of drug-likeness (QED) is 0.373. The molecule has 0 saturated carbocycles. The van der Waals surface area contributed by atoms with Crippen LogP contribution in [0.3, 0.4) is 0 Å². The van der Waals surface area contributed by atoms with Crippen LogP contribution < -0.4 is 14.8 Å². The third kappa shape index (κ3) is 6.87. The fraction of sp³-hybridized carbons (Fsp3) is 0.407. The van der Waals surface area contributed by atoms with Gasteiger partial charge in [-0.05, 0) is 54.4 Å². The first-order valence-corrected chi connectivity index (χ1v) is 12.6. The van der Waals surface area contributed by atoms with Crippen molar-refractivity contribution in [3.63, 3.8) is 0 Å². The van der Waals surface area contributed by atoms with Crippen LogP contribution in [0.15, 0.2) is 42.6 Å². The second-order valence-corrected chi connectivity index (χ2v) is 9.31. The van der Waals surface area contributed by atoms with E-state index in [1.165, 1.54) is 24.3 Å². The monoisotopic (exact) mass is 523 g/mol. The zero-order valence-electron chi connectivity index (χ0n) is 21.7. The Morgan fingerprint density at radius 2 is 1.66 bits per heavy atom. The molecule has 0 radical (unpaired) electrons. The molecule has 0 atom stereocenters. The number of hydrogen-bond acceptors (Lipinski definition) is 8. The average Bonchev–Trinajstić information content (AvgIpc) is 3.06. The molecule has 2 aliphatic heterocycles. The molecule has 2 amide bonds. The summed E-state index contributed by atoms with van der Waals surface area (Å²) in [5.41, 5.74) is 2.40. The highest BCUT2D eigenvalue weighted by Crippen LogP contribution is 2.32. The molecule has 2 aromatic rings. The van der Waals surface area contributed by atoms with Crippen LogP contribution in [0, 0.1) is 10.1 Å². The molecule has 38 heavy (non-hydrogen) atoms. The van der Waals surface area contributed by atoms with Crippen molar-refractivity contribution >= 4 is 29.3 Å². The van der Waals surface area contributed by atoms with E-state index in [0.29, 0.717) is 30.2 Å². The molecule has 0 unspecified atom stereocenters. The van der Waals surface area contributed by atoms with Crippen LogP contribution in [0.25, 0.3) is 6.08 Å². The molecular formula is C27H33N5O6. The summed E-state index contributed by atoms with van der Waals surface area (Å²) in [4.78, 5) is 41.7. The fourth-order valence-corrected chi connectivity index (χ4v) is 4.67. The van der Waals surface area contributed by atoms with Crippen molar-refractivity contribution in [3.8, 4) is 11.5 Å². The smallest absolute Gasteiger partial charge is 0.269 e. The first-order valence-electron chi connectivity index (χ1n) is 12.6. The van der Waals surface area contributed by atoms with Gasteiger partial charge in [-0.3, -0.25) is 24.6 Å². The number of non-ortho nitro benzene ring substituents is 1. The first-order chi connectivity index (χ1) is 18.4. The maximum atomic E-state index is 12.9. The lowest BCUT2D eigenvalue weighted by molar-refractivity contribution is -0.384. The van der Waals surface area contributed by atoms with E-state index < -0.39 is 4.92 Å². The molecule has 202 valence electrons. The number of nitrogens with one attached hydrogen (secondary N) is 1. The van der Waals surface area contributed by atoms with Gasteiger partial charge < -0.3 is 24.6 Å². The maximum Gasteiger partial charge on any atom is 0.269 e. The first kappa shape index (κ1) is 27.1. The van der Waals surface area contributed by atoms with Gasteiger partial charge in [0.1, 0.15) is 0 Å². The van der Waals surface area contributed by atoms with Crippen LogP contribution in [0.5, 0.6) is 11.5 Å². The molecule has 2 heterocycles. The number of benzene rings is 2. The topological polar surface area (TPSA) is 117 Å². The normalized spacial score (nSPS) is 16.1. The standard InChI is InChI=1S/C27H33N5O6/c1-37-24-16-20-8-11-31(27(34)18-21(20)17-25(24)38-2)10-3-9-29-12-14-30(15-13-29)19-26(33)28-22-4-6-23(7-5-22)32(35)36/h4-8,11,16-17H,3,9-10,12-15,18-19H2,1-2H3,(H,28,33). The zero-order chi connectivity index (χ0) is 27.1. The zero-order valence-corrected chi connectivity index (χ0v) is 21.7. The maximum absolute atomic E-state index is 12.9. The number of rotatable bonds is 10. The Kier molecular flexibility index (Phi) is 8.93. The van der Waals surface area contributed by atoms with Crippen molar-refractivity contribution in [1.29, 1.82) is 0 Å². The number of methoxy groups -OCH3 is 2. The van der Waals surface area contributed by atoms with Crippen LogP contribution in [0.2, 0.25) is 0 Å². The molecule has 1 saturated heterocycles. The van der Waals surface area contributed by atoms with Crippen LogP contribution in [-0.4, -0.2) is 91.5 Å². The van der Waals surface area contributed by atoms with Crippen LogP contribution in [-0.2, 0) is 16.0 Å². The Morgan fingerprint density at radius 1 is 1.00 bits per heavy atom. The molecule has 1 fully saturated rings. The van der Waals surface area contributed by atoms with Crippen LogP contribution >= 0.6 is 0 Å². The number of nitro benzene ring substituents is 1. The molecule has 11 nitrogen and oxygen atoms in total. The molecule has 0 spiro atoms. The summed E-state index contributed by atoms with van der Waals surface area (Å²) in [5, 5.41) is 13.6. The number of anilines is 1. The highest BCUT2D eigenvalue weighted by atomic mass is 16.6. The summed E-state index contributed by atoms with van der Waals surface area (Å²) in [6, 6.07) is 9.57. The summed E-state index contributed by atoms with van der Waals surface area (Å²) in [6.45, 7) is 5.02. The number of hydrogen-bond donors (Lipinski definition) is 1. The van der Waals surface area contributed by atoms with Crippen molar-refractivity contribution in [2.45, 2.75) is 12.8 Å². The minimum Gasteiger partial charge on any atom is -0.493 e. The van der Waals surface area contributed by atoms with Gasteiger partial charge in [0.2, 0.25) is 11.8 Å². The van der Waals surface area contributed by atoms with Gasteiger partial charge in [-0.2, -0.15) is 0 Å². The van der Waals surface area contributed by atoms with Gasteiger partial charge in [-0.25, -0.2) is 0 Å². The minimum atomic E-state index is -0.470. The van der Waals surface area contributed by atoms with Gasteiger partial charge in [0.15, 0.2) is 11.5 Å². The third-order valence-electron chi connectivity index (χ3n) is 6.81. The molecule has 0 aromatic heterocycles. The molecule has 0 bridgehead atoms. The van der Waals surface area contributed by atoms with Gasteiger partial charge in [-0.15, -0.1) is 0 Å². The Balaban J connectivity index is 1.18. The third-order valence-corrected chi connectivity index (χ3v) is 6.81. The van der Waals surface area contributed by atoms with Crippen molar-refractivity contribution in [1.82, 2.24) is 14.7 Å². The lowest BCUT2D eigenvalue weighted by atomic mass is 10.0. The number of nitro groups is 1. The Morgan fingerprint density at radius 3 is 2.32 bits per heavy atom. The van der Waals surface area contributed by atoms with Gasteiger partial charge in [0.25, 0.3) is 5.69 Å². The largest absolute Gasteiger partial charge is 0.493 e. The average molecular weight is 524 g/mol. The number of piperazine rings is 1. The van der Waals surface area contributed by atoms with Crippen molar-refractivity contribution < 1.29 is 24.0 Å². The number of ether oxygens (including phenoxy) is 2. The minimum absolute atomic E-state index is 0.0122. The summed E-state index contributed by atoms with van der Waals surface area (Å²) in [7, 11) is 3.18. The van der Waals surface area contributed by atoms with Gasteiger partial charge in [0, 0.05) is 56.7 Å². The van der Waals surface area contributed by atoms with E-state index in [1.54, 1.807) is 19.1 Å². The highest BCUT2D eigenvalue weighted by molar-refractivity contribution is 5.92. The molecule has 1 N–H and O–H groups in total. The summed E-state index contributed by atoms with van der Waals surface area (Å²) >= 11 is 0. The summed E-state index contributed by atoms with van der Waals surface area (Å²) < 4.78 is 10.8. The Hall–Kier alpha value is -3.96. The van der Waals surface area contributed by atoms with E-state index in [9.17, 15) is 19.7 Å². The lowest BCUT2D eigenvalue weighted by Gasteiger charge is -2.34. The second kappa shape index (κ2) is 12.5. The predicted molar refractivity (Wildman–Crippen MR) is 143 cm³/mol. The van der Waals surface area contributed by atoms with Crippen LogP contribution in [0.1, 0.15) is 17.5 Å². The number of fused-ring (bicyclic) bond motifs is 1. The van der Waals surface area contributed by atoms with E-state index in [1.807, 2.05) is 24.4 Å². The molecule has 0 aliphatic carbocycles. The second-order valence-electron chi connectivity index (χ2n) is 9.31. The van der Waals surface area contributed by atoms with E-state index in [2.05, 4.69) is 15.1 Å². The highest BCUT2D eigenvalue weighted by Gasteiger charge is 2.22. The lowest BCUT2D eigenvalue weighted by Crippen LogP contribution is -2.49. The van der Waals surface area contributed by atoms with Gasteiger partial charge >= 0.3 is 0 Å². The van der Waals surface area contributed by atoms with E-state index in [-0.39, 0.29) is 24.0 Å². The molecule has 2 aliphatic rings. The Bertz CT molecular complexity index is 1190. The number of carbonyl (C=O) groups excluding carboxylic acids is 2. The Labute approximate surface area is 221 Å². The molecule has 11 heteroatoms. The SMILES string of the molecule is COc1cc2c(cc1OC)CC(=O)N(CCCN1CCN(CC(=O)Nc3ccc([N+](=O)[O-])cc3)CC1)C=C2. The van der Waals surface area contributed by atoms with Crippen molar-refractivity contribution in [3.05, 3.63) is 63.8 Å². The molecule has 4 rings (SSSR count).